The van der Waals surface area contributed by atoms with Crippen LogP contribution in [0, 0.1) is 11.6 Å². The van der Waals surface area contributed by atoms with Crippen LogP contribution >= 0.6 is 11.6 Å². The average molecular weight is 355 g/mol. The highest BCUT2D eigenvalue weighted by Crippen LogP contribution is 2.27. The Morgan fingerprint density at radius 1 is 1.25 bits per heavy atom. The van der Waals surface area contributed by atoms with Gasteiger partial charge in [-0.05, 0) is 31.2 Å². The van der Waals surface area contributed by atoms with Crippen LogP contribution in [-0.4, -0.2) is 19.6 Å². The number of benzene rings is 2. The van der Waals surface area contributed by atoms with Gasteiger partial charge in [0.2, 0.25) is 5.91 Å². The van der Waals surface area contributed by atoms with Crippen molar-refractivity contribution < 1.29 is 18.3 Å². The van der Waals surface area contributed by atoms with E-state index >= 15 is 0 Å². The molecule has 2 N–H and O–H groups in total. The van der Waals surface area contributed by atoms with Crippen LogP contribution in [0.2, 0.25) is 5.02 Å². The van der Waals surface area contributed by atoms with Crippen LogP contribution in [0.1, 0.15) is 18.5 Å². The number of carbonyl (C=O) groups is 1. The third-order valence-corrected chi connectivity index (χ3v) is 3.73. The summed E-state index contributed by atoms with van der Waals surface area (Å²) in [6, 6.07) is 7.76. The van der Waals surface area contributed by atoms with E-state index in [4.69, 9.17) is 16.3 Å². The predicted molar refractivity (Wildman–Crippen MR) is 89.4 cm³/mol. The van der Waals surface area contributed by atoms with E-state index in [-0.39, 0.29) is 18.0 Å². The number of rotatable bonds is 6. The first-order valence-electron chi connectivity index (χ1n) is 7.22. The third-order valence-electron chi connectivity index (χ3n) is 3.43. The molecule has 0 unspecified atom stereocenters. The van der Waals surface area contributed by atoms with Crippen molar-refractivity contribution in [1.82, 2.24) is 5.32 Å². The Morgan fingerprint density at radius 2 is 2.00 bits per heavy atom. The minimum atomic E-state index is -0.655. The fraction of sp³-hybridized carbons (Fsp3) is 0.235. The van der Waals surface area contributed by atoms with Crippen LogP contribution in [0.5, 0.6) is 5.75 Å². The minimum absolute atomic E-state index is 0.0400. The molecule has 0 saturated carbocycles. The van der Waals surface area contributed by atoms with E-state index < -0.39 is 17.7 Å². The summed E-state index contributed by atoms with van der Waals surface area (Å²) in [5, 5.41) is 5.93. The lowest BCUT2D eigenvalue weighted by atomic mass is 10.1. The number of nitrogens with one attached hydrogen (secondary N) is 2. The van der Waals surface area contributed by atoms with Gasteiger partial charge in [0.25, 0.3) is 0 Å². The molecule has 0 fully saturated rings. The second-order valence-corrected chi connectivity index (χ2v) is 5.57. The van der Waals surface area contributed by atoms with Crippen molar-refractivity contribution in [1.29, 1.82) is 0 Å². The first-order valence-corrected chi connectivity index (χ1v) is 7.60. The average Bonchev–Trinajstić information content (AvgIpc) is 2.53. The predicted octanol–water partition coefficient (Wildman–Crippen LogP) is 3.92. The Labute approximate surface area is 143 Å². The molecule has 4 nitrogen and oxygen atoms in total. The molecule has 128 valence electrons. The smallest absolute Gasteiger partial charge is 0.238 e. The highest BCUT2D eigenvalue weighted by atomic mass is 35.5. The van der Waals surface area contributed by atoms with Crippen LogP contribution in [-0.2, 0) is 4.79 Å². The van der Waals surface area contributed by atoms with Crippen LogP contribution in [0.3, 0.4) is 0 Å². The summed E-state index contributed by atoms with van der Waals surface area (Å²) in [6.45, 7) is 1.65. The van der Waals surface area contributed by atoms with E-state index in [2.05, 4.69) is 10.6 Å². The van der Waals surface area contributed by atoms with Crippen molar-refractivity contribution in [3.8, 4) is 5.75 Å². The van der Waals surface area contributed by atoms with Crippen LogP contribution in [0.4, 0.5) is 14.5 Å². The number of amides is 1. The number of carbonyl (C=O) groups excluding carboxylic acids is 1. The van der Waals surface area contributed by atoms with E-state index in [9.17, 15) is 13.6 Å². The van der Waals surface area contributed by atoms with Gasteiger partial charge in [0.05, 0.1) is 18.7 Å². The highest BCUT2D eigenvalue weighted by Gasteiger charge is 2.13. The van der Waals surface area contributed by atoms with Gasteiger partial charge in [0.1, 0.15) is 17.4 Å². The molecule has 0 bridgehead atoms. The summed E-state index contributed by atoms with van der Waals surface area (Å²) < 4.78 is 31.6. The minimum Gasteiger partial charge on any atom is -0.495 e. The molecule has 2 aromatic rings. The number of ether oxygens (including phenoxy) is 1. The molecule has 0 aliphatic heterocycles. The number of anilines is 1. The zero-order valence-corrected chi connectivity index (χ0v) is 14.0. The van der Waals surface area contributed by atoms with Crippen molar-refractivity contribution in [2.45, 2.75) is 13.0 Å². The molecule has 0 heterocycles. The Bertz CT molecular complexity index is 741. The molecule has 1 atom stereocenters. The van der Waals surface area contributed by atoms with E-state index in [1.165, 1.54) is 19.2 Å². The topological polar surface area (TPSA) is 50.4 Å². The maximum absolute atomic E-state index is 13.7. The van der Waals surface area contributed by atoms with Gasteiger partial charge in [-0.3, -0.25) is 4.79 Å². The zero-order valence-electron chi connectivity index (χ0n) is 13.2. The molecular weight excluding hydrogens is 338 g/mol. The van der Waals surface area contributed by atoms with Crippen LogP contribution in [0.15, 0.2) is 36.4 Å². The molecule has 24 heavy (non-hydrogen) atoms. The van der Waals surface area contributed by atoms with Crippen LogP contribution < -0.4 is 15.4 Å². The fourth-order valence-corrected chi connectivity index (χ4v) is 2.42. The van der Waals surface area contributed by atoms with Gasteiger partial charge in [-0.2, -0.15) is 0 Å². The van der Waals surface area contributed by atoms with Crippen molar-refractivity contribution in [3.05, 3.63) is 58.6 Å². The number of hydrogen-bond donors (Lipinski definition) is 2. The van der Waals surface area contributed by atoms with Gasteiger partial charge < -0.3 is 15.4 Å². The molecule has 0 saturated heterocycles. The maximum Gasteiger partial charge on any atom is 0.238 e. The summed E-state index contributed by atoms with van der Waals surface area (Å²) in [5.41, 5.74) is 0.810. The lowest BCUT2D eigenvalue weighted by Gasteiger charge is -2.15. The Hall–Kier alpha value is -2.18. The normalized spacial score (nSPS) is 11.9. The van der Waals surface area contributed by atoms with Gasteiger partial charge >= 0.3 is 0 Å². The zero-order chi connectivity index (χ0) is 17.7. The Kier molecular flexibility index (Phi) is 6.11. The van der Waals surface area contributed by atoms with Gasteiger partial charge in [0, 0.05) is 23.4 Å². The molecule has 7 heteroatoms. The van der Waals surface area contributed by atoms with Crippen molar-refractivity contribution in [2.75, 3.05) is 19.0 Å². The largest absolute Gasteiger partial charge is 0.495 e. The molecule has 1 amide bonds. The Morgan fingerprint density at radius 3 is 2.62 bits per heavy atom. The van der Waals surface area contributed by atoms with E-state index in [0.717, 1.165) is 6.07 Å². The van der Waals surface area contributed by atoms with Crippen molar-refractivity contribution in [2.24, 2.45) is 0 Å². The molecule has 2 aromatic carbocycles. The second-order valence-electron chi connectivity index (χ2n) is 5.17. The molecule has 0 spiro atoms. The summed E-state index contributed by atoms with van der Waals surface area (Å²) in [7, 11) is 1.50. The first-order chi connectivity index (χ1) is 11.4. The van der Waals surface area contributed by atoms with Crippen LogP contribution in [0.25, 0.3) is 0 Å². The Balaban J connectivity index is 1.92. The number of hydrogen-bond acceptors (Lipinski definition) is 3. The van der Waals surface area contributed by atoms with E-state index in [0.29, 0.717) is 16.5 Å². The number of methoxy groups -OCH3 is 1. The van der Waals surface area contributed by atoms with Crippen molar-refractivity contribution >= 4 is 23.2 Å². The summed E-state index contributed by atoms with van der Waals surface area (Å²) in [6.07, 6.45) is 0. The first kappa shape index (κ1) is 18.2. The molecule has 0 aliphatic carbocycles. The SMILES string of the molecule is COc1ccc(NC(=O)CN[C@@H](C)c2ccc(F)cc2F)cc1Cl. The lowest BCUT2D eigenvalue weighted by Crippen LogP contribution is -2.30. The summed E-state index contributed by atoms with van der Waals surface area (Å²) >= 11 is 5.99. The standard InChI is InChI=1S/C17H17ClF2N2O2/c1-10(13-5-3-11(19)7-15(13)20)21-9-17(23)22-12-4-6-16(24-2)14(18)8-12/h3-8,10,21H,9H2,1-2H3,(H,22,23)/t10-/m0/s1. The monoisotopic (exact) mass is 354 g/mol. The molecule has 0 radical (unpaired) electrons. The number of halogens is 3. The van der Waals surface area contributed by atoms with Gasteiger partial charge in [-0.15, -0.1) is 0 Å². The maximum atomic E-state index is 13.7. The summed E-state index contributed by atoms with van der Waals surface area (Å²) in [4.78, 5) is 12.0. The van der Waals surface area contributed by atoms with Crippen molar-refractivity contribution in [3.63, 3.8) is 0 Å². The molecular formula is C17H17ClF2N2O2. The van der Waals surface area contributed by atoms with Gasteiger partial charge in [-0.1, -0.05) is 17.7 Å². The molecule has 2 rings (SSSR count). The fourth-order valence-electron chi connectivity index (χ4n) is 2.16. The second kappa shape index (κ2) is 8.08. The van der Waals surface area contributed by atoms with E-state index in [1.54, 1.807) is 25.1 Å². The van der Waals surface area contributed by atoms with Gasteiger partial charge in [0.15, 0.2) is 0 Å². The third kappa shape index (κ3) is 4.66. The lowest BCUT2D eigenvalue weighted by molar-refractivity contribution is -0.115. The van der Waals surface area contributed by atoms with E-state index in [1.807, 2.05) is 0 Å². The summed E-state index contributed by atoms with van der Waals surface area (Å²) in [5.74, 6) is -1.10. The highest BCUT2D eigenvalue weighted by molar-refractivity contribution is 6.32. The van der Waals surface area contributed by atoms with Gasteiger partial charge in [-0.25, -0.2) is 8.78 Å². The quantitative estimate of drug-likeness (QED) is 0.826. The molecule has 0 aromatic heterocycles. The molecule has 0 aliphatic rings.